The summed E-state index contributed by atoms with van der Waals surface area (Å²) in [5.74, 6) is -0.337. The van der Waals surface area contributed by atoms with Gasteiger partial charge in [0.15, 0.2) is 0 Å². The van der Waals surface area contributed by atoms with Gasteiger partial charge in [0.1, 0.15) is 0 Å². The van der Waals surface area contributed by atoms with Gasteiger partial charge >= 0.3 is 0 Å². The van der Waals surface area contributed by atoms with Crippen LogP contribution in [0.15, 0.2) is 12.2 Å². The van der Waals surface area contributed by atoms with E-state index in [1.54, 1.807) is 12.2 Å². The number of amides is 1. The molecule has 0 unspecified atom stereocenters. The van der Waals surface area contributed by atoms with E-state index in [-0.39, 0.29) is 11.7 Å². The Morgan fingerprint density at radius 1 is 1.62 bits per heavy atom. The SMILES string of the molecule is NC/C=C/CNC(=O)c1nn[nH]n1. The van der Waals surface area contributed by atoms with Gasteiger partial charge in [0, 0.05) is 13.1 Å². The predicted octanol–water partition coefficient (Wildman–Crippen LogP) is -1.56. The van der Waals surface area contributed by atoms with E-state index in [1.807, 2.05) is 0 Å². The van der Waals surface area contributed by atoms with Gasteiger partial charge < -0.3 is 11.1 Å². The Kier molecular flexibility index (Phi) is 3.58. The summed E-state index contributed by atoms with van der Waals surface area (Å²) in [4.78, 5) is 11.1. The van der Waals surface area contributed by atoms with Gasteiger partial charge in [-0.3, -0.25) is 4.79 Å². The summed E-state index contributed by atoms with van der Waals surface area (Å²) in [6.07, 6.45) is 3.49. The van der Waals surface area contributed by atoms with E-state index in [0.29, 0.717) is 13.1 Å². The molecule has 0 aliphatic carbocycles. The van der Waals surface area contributed by atoms with E-state index < -0.39 is 0 Å². The number of rotatable bonds is 4. The normalized spacial score (nSPS) is 10.5. The Balaban J connectivity index is 2.31. The molecule has 1 aromatic rings. The molecule has 0 aliphatic heterocycles. The Bertz CT molecular complexity index is 279. The van der Waals surface area contributed by atoms with Crippen LogP contribution in [0.1, 0.15) is 10.6 Å². The zero-order valence-corrected chi connectivity index (χ0v) is 6.90. The van der Waals surface area contributed by atoms with E-state index in [2.05, 4.69) is 25.9 Å². The number of nitrogens with one attached hydrogen (secondary N) is 2. The van der Waals surface area contributed by atoms with Crippen LogP contribution in [0.3, 0.4) is 0 Å². The minimum atomic E-state index is -0.365. The van der Waals surface area contributed by atoms with Gasteiger partial charge in [0.05, 0.1) is 0 Å². The molecule has 1 aromatic heterocycles. The zero-order valence-electron chi connectivity index (χ0n) is 6.90. The van der Waals surface area contributed by atoms with Crippen molar-refractivity contribution in [3.63, 3.8) is 0 Å². The van der Waals surface area contributed by atoms with Crippen LogP contribution in [-0.4, -0.2) is 39.6 Å². The Morgan fingerprint density at radius 2 is 2.46 bits per heavy atom. The molecule has 0 saturated carbocycles. The van der Waals surface area contributed by atoms with Crippen LogP contribution in [0, 0.1) is 0 Å². The van der Waals surface area contributed by atoms with E-state index in [9.17, 15) is 4.79 Å². The standard InChI is InChI=1S/C6H10N6O/c7-3-1-2-4-8-6(13)5-9-11-12-10-5/h1-2H,3-4,7H2,(H,8,13)(H,9,10,11,12)/b2-1+. The zero-order chi connectivity index (χ0) is 9.52. The molecule has 1 heterocycles. The number of nitrogens with zero attached hydrogens (tertiary/aromatic N) is 3. The van der Waals surface area contributed by atoms with Gasteiger partial charge in [-0.25, -0.2) is 0 Å². The molecule has 4 N–H and O–H groups in total. The van der Waals surface area contributed by atoms with Gasteiger partial charge in [0.25, 0.3) is 11.7 Å². The van der Waals surface area contributed by atoms with E-state index in [0.717, 1.165) is 0 Å². The highest BCUT2D eigenvalue weighted by Gasteiger charge is 2.07. The number of carbonyl (C=O) groups excluding carboxylic acids is 1. The average molecular weight is 182 g/mol. The summed E-state index contributed by atoms with van der Waals surface area (Å²) in [5.41, 5.74) is 5.20. The number of hydrogen-bond acceptors (Lipinski definition) is 5. The van der Waals surface area contributed by atoms with Crippen LogP contribution >= 0.6 is 0 Å². The maximum absolute atomic E-state index is 11.1. The topological polar surface area (TPSA) is 110 Å². The maximum atomic E-state index is 11.1. The second-order valence-electron chi connectivity index (χ2n) is 2.15. The van der Waals surface area contributed by atoms with E-state index >= 15 is 0 Å². The Hall–Kier alpha value is -1.76. The van der Waals surface area contributed by atoms with Crippen molar-refractivity contribution in [1.82, 2.24) is 25.9 Å². The number of aromatic nitrogens is 4. The fraction of sp³-hybridized carbons (Fsp3) is 0.333. The summed E-state index contributed by atoms with van der Waals surface area (Å²) in [6, 6.07) is 0. The number of aromatic amines is 1. The second-order valence-corrected chi connectivity index (χ2v) is 2.15. The molecule has 0 aromatic carbocycles. The first-order valence-electron chi connectivity index (χ1n) is 3.71. The molecular weight excluding hydrogens is 172 g/mol. The first-order valence-corrected chi connectivity index (χ1v) is 3.71. The molecule has 0 aliphatic rings. The van der Waals surface area contributed by atoms with E-state index in [4.69, 9.17) is 5.73 Å². The molecule has 0 fully saturated rings. The summed E-state index contributed by atoms with van der Waals surface area (Å²) < 4.78 is 0. The third-order valence-electron chi connectivity index (χ3n) is 1.23. The van der Waals surface area contributed by atoms with Crippen molar-refractivity contribution in [1.29, 1.82) is 0 Å². The monoisotopic (exact) mass is 182 g/mol. The largest absolute Gasteiger partial charge is 0.346 e. The minimum absolute atomic E-state index is 0.0288. The van der Waals surface area contributed by atoms with Crippen molar-refractivity contribution in [2.75, 3.05) is 13.1 Å². The third kappa shape index (κ3) is 2.99. The average Bonchev–Trinajstić information content (AvgIpc) is 2.65. The number of nitrogens with two attached hydrogens (primary N) is 1. The van der Waals surface area contributed by atoms with Crippen LogP contribution < -0.4 is 11.1 Å². The minimum Gasteiger partial charge on any atom is -0.346 e. The van der Waals surface area contributed by atoms with Gasteiger partial charge in [-0.1, -0.05) is 12.2 Å². The number of tetrazole rings is 1. The van der Waals surface area contributed by atoms with Crippen molar-refractivity contribution in [2.45, 2.75) is 0 Å². The number of carbonyl (C=O) groups is 1. The lowest BCUT2D eigenvalue weighted by atomic mass is 10.4. The van der Waals surface area contributed by atoms with Crippen molar-refractivity contribution in [2.24, 2.45) is 5.73 Å². The highest BCUT2D eigenvalue weighted by atomic mass is 16.2. The van der Waals surface area contributed by atoms with E-state index in [1.165, 1.54) is 0 Å². The number of hydrogen-bond donors (Lipinski definition) is 3. The van der Waals surface area contributed by atoms with Gasteiger partial charge in [0.2, 0.25) is 0 Å². The highest BCUT2D eigenvalue weighted by molar-refractivity contribution is 5.90. The molecule has 0 saturated heterocycles. The van der Waals surface area contributed by atoms with Gasteiger partial charge in [-0.05, 0) is 5.21 Å². The molecule has 13 heavy (non-hydrogen) atoms. The lowest BCUT2D eigenvalue weighted by molar-refractivity contribution is 0.0947. The fourth-order valence-electron chi connectivity index (χ4n) is 0.668. The van der Waals surface area contributed by atoms with Crippen molar-refractivity contribution >= 4 is 5.91 Å². The molecule has 70 valence electrons. The molecule has 0 spiro atoms. The molecule has 0 bridgehead atoms. The molecule has 7 heteroatoms. The van der Waals surface area contributed by atoms with Gasteiger partial charge in [-0.15, -0.1) is 10.2 Å². The molecule has 7 nitrogen and oxygen atoms in total. The molecule has 1 rings (SSSR count). The quantitative estimate of drug-likeness (QED) is 0.488. The fourth-order valence-corrected chi connectivity index (χ4v) is 0.668. The van der Waals surface area contributed by atoms with Crippen LogP contribution in [0.4, 0.5) is 0 Å². The summed E-state index contributed by atoms with van der Waals surface area (Å²) in [6.45, 7) is 0.864. The summed E-state index contributed by atoms with van der Waals surface area (Å²) in [5, 5.41) is 15.0. The smallest absolute Gasteiger partial charge is 0.293 e. The summed E-state index contributed by atoms with van der Waals surface area (Å²) in [7, 11) is 0. The second kappa shape index (κ2) is 4.99. The molecular formula is C6H10N6O. The van der Waals surface area contributed by atoms with Crippen LogP contribution in [0.5, 0.6) is 0 Å². The first-order chi connectivity index (χ1) is 6.34. The van der Waals surface area contributed by atoms with Gasteiger partial charge in [-0.2, -0.15) is 5.21 Å². The van der Waals surface area contributed by atoms with Crippen molar-refractivity contribution in [3.8, 4) is 0 Å². The maximum Gasteiger partial charge on any atom is 0.293 e. The predicted molar refractivity (Wildman–Crippen MR) is 44.7 cm³/mol. The molecule has 0 atom stereocenters. The highest BCUT2D eigenvalue weighted by Crippen LogP contribution is 1.81. The molecule has 0 radical (unpaired) electrons. The first kappa shape index (κ1) is 9.33. The van der Waals surface area contributed by atoms with Crippen LogP contribution in [-0.2, 0) is 0 Å². The summed E-state index contributed by atoms with van der Waals surface area (Å²) >= 11 is 0. The lowest BCUT2D eigenvalue weighted by Crippen LogP contribution is -2.24. The molecule has 1 amide bonds. The Labute approximate surface area is 74.4 Å². The lowest BCUT2D eigenvalue weighted by Gasteiger charge is -1.95. The van der Waals surface area contributed by atoms with Crippen molar-refractivity contribution < 1.29 is 4.79 Å². The van der Waals surface area contributed by atoms with Crippen molar-refractivity contribution in [3.05, 3.63) is 18.0 Å². The van der Waals surface area contributed by atoms with Crippen LogP contribution in [0.2, 0.25) is 0 Å². The number of H-pyrrole nitrogens is 1. The third-order valence-corrected chi connectivity index (χ3v) is 1.23. The Morgan fingerprint density at radius 3 is 3.08 bits per heavy atom. The van der Waals surface area contributed by atoms with Crippen LogP contribution in [0.25, 0.3) is 0 Å².